The second-order valence-corrected chi connectivity index (χ2v) is 3.92. The van der Waals surface area contributed by atoms with E-state index in [1.54, 1.807) is 6.20 Å². The number of carboxylic acids is 1. The quantitative estimate of drug-likeness (QED) is 0.903. The van der Waals surface area contributed by atoms with Gasteiger partial charge in [0.25, 0.3) is 0 Å². The minimum atomic E-state index is -1.06. The highest BCUT2D eigenvalue weighted by Crippen LogP contribution is 2.15. The second-order valence-electron chi connectivity index (χ2n) is 3.92. The predicted octanol–water partition coefficient (Wildman–Crippen LogP) is 2.33. The van der Waals surface area contributed by atoms with Crippen molar-refractivity contribution < 1.29 is 14.3 Å². The molecule has 0 unspecified atom stereocenters. The summed E-state index contributed by atoms with van der Waals surface area (Å²) in [6.07, 6.45) is 3.75. The fraction of sp³-hybridized carbons (Fsp3) is 0.231. The third kappa shape index (κ3) is 2.40. The van der Waals surface area contributed by atoms with Gasteiger partial charge in [0, 0.05) is 25.4 Å². The first-order valence-electron chi connectivity index (χ1n) is 5.63. The van der Waals surface area contributed by atoms with E-state index in [0.29, 0.717) is 5.56 Å². The largest absolute Gasteiger partial charge is 0.478 e. The summed E-state index contributed by atoms with van der Waals surface area (Å²) < 4.78 is 15.5. The van der Waals surface area contributed by atoms with Crippen LogP contribution in [0.1, 0.15) is 28.7 Å². The standard InChI is InChI=1S/C13H13FN2O2/c1-2-16-6-5-15-12(16)8-10-7-9(13(17)18)3-4-11(10)14/h3-7H,2,8H2,1H3,(H,17,18). The first-order valence-corrected chi connectivity index (χ1v) is 5.63. The molecule has 0 aliphatic rings. The number of hydrogen-bond acceptors (Lipinski definition) is 2. The summed E-state index contributed by atoms with van der Waals surface area (Å²) in [6.45, 7) is 2.71. The average Bonchev–Trinajstić information content (AvgIpc) is 2.79. The maximum atomic E-state index is 13.6. The molecule has 1 aromatic heterocycles. The number of carboxylic acid groups (broad SMARTS) is 1. The maximum absolute atomic E-state index is 13.6. The Morgan fingerprint density at radius 2 is 2.28 bits per heavy atom. The van der Waals surface area contributed by atoms with Crippen molar-refractivity contribution in [2.45, 2.75) is 19.9 Å². The highest BCUT2D eigenvalue weighted by atomic mass is 19.1. The molecule has 5 heteroatoms. The zero-order chi connectivity index (χ0) is 13.1. The topological polar surface area (TPSA) is 55.1 Å². The lowest BCUT2D eigenvalue weighted by Gasteiger charge is -2.06. The number of hydrogen-bond donors (Lipinski definition) is 1. The van der Waals surface area contributed by atoms with Crippen LogP contribution >= 0.6 is 0 Å². The van der Waals surface area contributed by atoms with Crippen LogP contribution in [-0.4, -0.2) is 20.6 Å². The van der Waals surface area contributed by atoms with Crippen LogP contribution in [-0.2, 0) is 13.0 Å². The fourth-order valence-corrected chi connectivity index (χ4v) is 1.81. The van der Waals surface area contributed by atoms with Crippen LogP contribution in [0.2, 0.25) is 0 Å². The molecule has 0 fully saturated rings. The zero-order valence-electron chi connectivity index (χ0n) is 9.93. The average molecular weight is 248 g/mol. The van der Waals surface area contributed by atoms with E-state index in [-0.39, 0.29) is 12.0 Å². The lowest BCUT2D eigenvalue weighted by atomic mass is 10.1. The molecular formula is C13H13FN2O2. The Balaban J connectivity index is 2.33. The van der Waals surface area contributed by atoms with Crippen molar-refractivity contribution in [3.05, 3.63) is 53.4 Å². The molecule has 0 saturated heterocycles. The normalized spacial score (nSPS) is 10.6. The van der Waals surface area contributed by atoms with Gasteiger partial charge in [-0.3, -0.25) is 0 Å². The molecule has 4 nitrogen and oxygen atoms in total. The van der Waals surface area contributed by atoms with Gasteiger partial charge in [-0.05, 0) is 30.7 Å². The van der Waals surface area contributed by atoms with Crippen LogP contribution in [0.4, 0.5) is 4.39 Å². The first-order chi connectivity index (χ1) is 8.61. The number of carbonyl (C=O) groups is 1. The van der Waals surface area contributed by atoms with Crippen LogP contribution < -0.4 is 0 Å². The molecule has 0 atom stereocenters. The van der Waals surface area contributed by atoms with Gasteiger partial charge in [0.05, 0.1) is 5.56 Å². The van der Waals surface area contributed by atoms with E-state index in [4.69, 9.17) is 5.11 Å². The first kappa shape index (κ1) is 12.3. The van der Waals surface area contributed by atoms with E-state index in [1.807, 2.05) is 17.7 Å². The summed E-state index contributed by atoms with van der Waals surface area (Å²) >= 11 is 0. The van der Waals surface area contributed by atoms with E-state index >= 15 is 0 Å². The summed E-state index contributed by atoms with van der Waals surface area (Å²) in [5, 5.41) is 8.88. The minimum absolute atomic E-state index is 0.0843. The van der Waals surface area contributed by atoms with Crippen LogP contribution in [0.3, 0.4) is 0 Å². The molecule has 1 N–H and O–H groups in total. The van der Waals surface area contributed by atoms with E-state index in [9.17, 15) is 9.18 Å². The number of benzene rings is 1. The Morgan fingerprint density at radius 1 is 1.50 bits per heavy atom. The van der Waals surface area contributed by atoms with Gasteiger partial charge in [0.2, 0.25) is 0 Å². The number of rotatable bonds is 4. The van der Waals surface area contributed by atoms with Crippen LogP contribution in [0.5, 0.6) is 0 Å². The van der Waals surface area contributed by atoms with E-state index < -0.39 is 11.8 Å². The molecule has 0 saturated carbocycles. The van der Waals surface area contributed by atoms with Gasteiger partial charge < -0.3 is 9.67 Å². The number of nitrogens with zero attached hydrogens (tertiary/aromatic N) is 2. The summed E-state index contributed by atoms with van der Waals surface area (Å²) in [5.74, 6) is -0.750. The lowest BCUT2D eigenvalue weighted by molar-refractivity contribution is 0.0696. The van der Waals surface area contributed by atoms with Crippen molar-refractivity contribution >= 4 is 5.97 Å². The molecule has 0 amide bonds. The lowest BCUT2D eigenvalue weighted by Crippen LogP contribution is -2.05. The van der Waals surface area contributed by atoms with Gasteiger partial charge in [-0.15, -0.1) is 0 Å². The van der Waals surface area contributed by atoms with Crippen LogP contribution in [0.25, 0.3) is 0 Å². The molecule has 1 heterocycles. The Hall–Kier alpha value is -2.17. The van der Waals surface area contributed by atoms with E-state index in [0.717, 1.165) is 12.4 Å². The highest BCUT2D eigenvalue weighted by molar-refractivity contribution is 5.87. The van der Waals surface area contributed by atoms with E-state index in [1.165, 1.54) is 18.2 Å². The third-order valence-electron chi connectivity index (χ3n) is 2.78. The minimum Gasteiger partial charge on any atom is -0.478 e. The zero-order valence-corrected chi connectivity index (χ0v) is 9.93. The van der Waals surface area contributed by atoms with Crippen molar-refractivity contribution in [3.63, 3.8) is 0 Å². The smallest absolute Gasteiger partial charge is 0.335 e. The molecular weight excluding hydrogens is 235 g/mol. The van der Waals surface area contributed by atoms with E-state index in [2.05, 4.69) is 4.98 Å². The van der Waals surface area contributed by atoms with Gasteiger partial charge in [-0.25, -0.2) is 14.2 Å². The molecule has 2 rings (SSSR count). The molecule has 1 aromatic carbocycles. The molecule has 2 aromatic rings. The Bertz CT molecular complexity index is 578. The third-order valence-corrected chi connectivity index (χ3v) is 2.78. The Labute approximate surface area is 104 Å². The number of halogens is 1. The molecule has 18 heavy (non-hydrogen) atoms. The van der Waals surface area contributed by atoms with Crippen molar-refractivity contribution in [2.24, 2.45) is 0 Å². The molecule has 0 radical (unpaired) electrons. The number of aryl methyl sites for hydroxylation is 1. The van der Waals surface area contributed by atoms with Gasteiger partial charge in [0.15, 0.2) is 0 Å². The molecule has 0 bridgehead atoms. The van der Waals surface area contributed by atoms with Crippen LogP contribution in [0.15, 0.2) is 30.6 Å². The number of aromatic carboxylic acids is 1. The van der Waals surface area contributed by atoms with Gasteiger partial charge in [0.1, 0.15) is 11.6 Å². The van der Waals surface area contributed by atoms with Crippen molar-refractivity contribution in [3.8, 4) is 0 Å². The van der Waals surface area contributed by atoms with Crippen molar-refractivity contribution in [2.75, 3.05) is 0 Å². The Morgan fingerprint density at radius 3 is 2.94 bits per heavy atom. The SMILES string of the molecule is CCn1ccnc1Cc1cc(C(=O)O)ccc1F. The maximum Gasteiger partial charge on any atom is 0.335 e. The fourth-order valence-electron chi connectivity index (χ4n) is 1.81. The number of aromatic nitrogens is 2. The Kier molecular flexibility index (Phi) is 3.41. The monoisotopic (exact) mass is 248 g/mol. The van der Waals surface area contributed by atoms with Crippen molar-refractivity contribution in [1.82, 2.24) is 9.55 Å². The predicted molar refractivity (Wildman–Crippen MR) is 64.1 cm³/mol. The number of imidazole rings is 1. The van der Waals surface area contributed by atoms with Crippen LogP contribution in [0, 0.1) is 5.82 Å². The summed E-state index contributed by atoms with van der Waals surface area (Å²) in [4.78, 5) is 15.0. The molecule has 0 spiro atoms. The highest BCUT2D eigenvalue weighted by Gasteiger charge is 2.11. The second kappa shape index (κ2) is 5.00. The summed E-state index contributed by atoms with van der Waals surface area (Å²) in [6, 6.07) is 3.79. The molecule has 0 aliphatic carbocycles. The van der Waals surface area contributed by atoms with Gasteiger partial charge in [-0.2, -0.15) is 0 Å². The van der Waals surface area contributed by atoms with Gasteiger partial charge in [-0.1, -0.05) is 0 Å². The summed E-state index contributed by atoms with van der Waals surface area (Å²) in [5.41, 5.74) is 0.428. The summed E-state index contributed by atoms with van der Waals surface area (Å²) in [7, 11) is 0. The van der Waals surface area contributed by atoms with Crippen molar-refractivity contribution in [1.29, 1.82) is 0 Å². The molecule has 94 valence electrons. The molecule has 0 aliphatic heterocycles. The van der Waals surface area contributed by atoms with Gasteiger partial charge >= 0.3 is 5.97 Å².